The first-order valence-electron chi connectivity index (χ1n) is 4.52. The molecule has 0 saturated heterocycles. The molecule has 0 saturated carbocycles. The molecular formula is C12H15NO. The van der Waals surface area contributed by atoms with Gasteiger partial charge in [0.2, 0.25) is 0 Å². The van der Waals surface area contributed by atoms with Gasteiger partial charge in [-0.3, -0.25) is 4.99 Å². The fourth-order valence-electron chi connectivity index (χ4n) is 1.27. The van der Waals surface area contributed by atoms with Crippen molar-refractivity contribution in [1.29, 1.82) is 0 Å². The second kappa shape index (κ2) is 5.22. The van der Waals surface area contributed by atoms with Gasteiger partial charge < -0.3 is 4.74 Å². The predicted octanol–water partition coefficient (Wildman–Crippen LogP) is 2.72. The van der Waals surface area contributed by atoms with E-state index in [1.807, 2.05) is 31.2 Å². The minimum atomic E-state index is 0.917. The smallest absolute Gasteiger partial charge is 0.122 e. The van der Waals surface area contributed by atoms with Crippen molar-refractivity contribution >= 4 is 12.3 Å². The van der Waals surface area contributed by atoms with Crippen molar-refractivity contribution in [1.82, 2.24) is 0 Å². The van der Waals surface area contributed by atoms with Crippen LogP contribution in [0.5, 0.6) is 5.75 Å². The lowest BCUT2D eigenvalue weighted by atomic mass is 10.1. The van der Waals surface area contributed by atoms with E-state index in [0.717, 1.165) is 16.9 Å². The fourth-order valence-corrected chi connectivity index (χ4v) is 1.27. The molecule has 0 aromatic heterocycles. The summed E-state index contributed by atoms with van der Waals surface area (Å²) in [5, 5.41) is 0. The monoisotopic (exact) mass is 189 g/mol. The average molecular weight is 189 g/mol. The maximum atomic E-state index is 5.22. The summed E-state index contributed by atoms with van der Waals surface area (Å²) in [4.78, 5) is 3.88. The van der Waals surface area contributed by atoms with Crippen LogP contribution in [0.1, 0.15) is 11.1 Å². The van der Waals surface area contributed by atoms with Crippen molar-refractivity contribution in [3.63, 3.8) is 0 Å². The van der Waals surface area contributed by atoms with Gasteiger partial charge in [-0.05, 0) is 30.2 Å². The van der Waals surface area contributed by atoms with E-state index < -0.39 is 0 Å². The molecule has 0 amide bonds. The molecule has 14 heavy (non-hydrogen) atoms. The zero-order valence-corrected chi connectivity index (χ0v) is 8.82. The highest BCUT2D eigenvalue weighted by atomic mass is 16.5. The van der Waals surface area contributed by atoms with Crippen molar-refractivity contribution in [3.8, 4) is 5.75 Å². The van der Waals surface area contributed by atoms with Crippen LogP contribution in [0.4, 0.5) is 0 Å². The Hall–Kier alpha value is -1.57. The van der Waals surface area contributed by atoms with E-state index in [0.29, 0.717) is 0 Å². The minimum Gasteiger partial charge on any atom is -0.496 e. The molecule has 0 aliphatic carbocycles. The number of benzene rings is 1. The van der Waals surface area contributed by atoms with Crippen LogP contribution in [0.3, 0.4) is 0 Å². The number of aliphatic imine (C=N–C) groups is 1. The topological polar surface area (TPSA) is 21.6 Å². The highest BCUT2D eigenvalue weighted by Crippen LogP contribution is 2.21. The van der Waals surface area contributed by atoms with Gasteiger partial charge in [0.1, 0.15) is 5.75 Å². The Bertz CT molecular complexity index is 353. The van der Waals surface area contributed by atoms with E-state index in [1.165, 1.54) is 0 Å². The number of methoxy groups -OCH3 is 1. The lowest BCUT2D eigenvalue weighted by Gasteiger charge is -2.06. The van der Waals surface area contributed by atoms with Crippen molar-refractivity contribution in [2.75, 3.05) is 14.2 Å². The zero-order chi connectivity index (χ0) is 10.4. The first-order valence-corrected chi connectivity index (χ1v) is 4.52. The van der Waals surface area contributed by atoms with Gasteiger partial charge in [-0.1, -0.05) is 18.2 Å². The van der Waals surface area contributed by atoms with E-state index in [2.05, 4.69) is 11.1 Å². The van der Waals surface area contributed by atoms with Crippen molar-refractivity contribution in [3.05, 3.63) is 35.4 Å². The number of nitrogens with zero attached hydrogens (tertiary/aromatic N) is 1. The Labute approximate surface area is 84.9 Å². The summed E-state index contributed by atoms with van der Waals surface area (Å²) in [5.74, 6) is 0.917. The molecule has 0 radical (unpaired) electrons. The molecule has 0 heterocycles. The highest BCUT2D eigenvalue weighted by Gasteiger charge is 1.99. The Morgan fingerprint density at radius 2 is 2.14 bits per heavy atom. The molecule has 0 atom stereocenters. The Morgan fingerprint density at radius 1 is 1.36 bits per heavy atom. The third-order valence-electron chi connectivity index (χ3n) is 2.06. The number of allylic oxidation sites excluding steroid dienone is 1. The first kappa shape index (κ1) is 10.5. The third kappa shape index (κ3) is 2.46. The lowest BCUT2D eigenvalue weighted by Crippen LogP contribution is -1.88. The lowest BCUT2D eigenvalue weighted by molar-refractivity contribution is 0.411. The summed E-state index contributed by atoms with van der Waals surface area (Å²) in [6, 6.07) is 5.99. The Kier molecular flexibility index (Phi) is 3.92. The molecule has 1 aromatic rings. The molecule has 74 valence electrons. The van der Waals surface area contributed by atoms with E-state index in [-0.39, 0.29) is 0 Å². The molecule has 0 fully saturated rings. The predicted molar refractivity (Wildman–Crippen MR) is 61.2 cm³/mol. The number of ether oxygens (including phenoxy) is 1. The van der Waals surface area contributed by atoms with E-state index in [9.17, 15) is 0 Å². The second-order valence-electron chi connectivity index (χ2n) is 2.94. The largest absolute Gasteiger partial charge is 0.496 e. The summed E-state index contributed by atoms with van der Waals surface area (Å²) in [6.45, 7) is 2.04. The SMILES string of the molecule is CN=C/C=C\c1cccc(OC)c1C. The number of hydrogen-bond donors (Lipinski definition) is 0. The van der Waals surface area contributed by atoms with Crippen LogP contribution >= 0.6 is 0 Å². The molecule has 0 unspecified atom stereocenters. The van der Waals surface area contributed by atoms with Crippen LogP contribution in [-0.2, 0) is 0 Å². The molecule has 0 aliphatic rings. The third-order valence-corrected chi connectivity index (χ3v) is 2.06. The summed E-state index contributed by atoms with van der Waals surface area (Å²) >= 11 is 0. The fraction of sp³-hybridized carbons (Fsp3) is 0.250. The van der Waals surface area contributed by atoms with Crippen LogP contribution in [0, 0.1) is 6.92 Å². The average Bonchev–Trinajstić information content (AvgIpc) is 2.21. The summed E-state index contributed by atoms with van der Waals surface area (Å²) < 4.78 is 5.22. The summed E-state index contributed by atoms with van der Waals surface area (Å²) in [6.07, 6.45) is 5.70. The van der Waals surface area contributed by atoms with Gasteiger partial charge in [0, 0.05) is 13.3 Å². The molecule has 2 heteroatoms. The molecule has 0 N–H and O–H groups in total. The van der Waals surface area contributed by atoms with Gasteiger partial charge in [-0.25, -0.2) is 0 Å². The summed E-state index contributed by atoms with van der Waals surface area (Å²) in [7, 11) is 3.44. The molecule has 2 nitrogen and oxygen atoms in total. The molecular weight excluding hydrogens is 174 g/mol. The Balaban J connectivity index is 2.97. The second-order valence-corrected chi connectivity index (χ2v) is 2.94. The van der Waals surface area contributed by atoms with E-state index in [4.69, 9.17) is 4.74 Å². The maximum Gasteiger partial charge on any atom is 0.122 e. The molecule has 0 bridgehead atoms. The highest BCUT2D eigenvalue weighted by molar-refractivity contribution is 5.78. The molecule has 0 aliphatic heterocycles. The van der Waals surface area contributed by atoms with Crippen LogP contribution in [-0.4, -0.2) is 20.4 Å². The van der Waals surface area contributed by atoms with Gasteiger partial charge in [0.05, 0.1) is 7.11 Å². The van der Waals surface area contributed by atoms with Gasteiger partial charge >= 0.3 is 0 Å². The van der Waals surface area contributed by atoms with E-state index in [1.54, 1.807) is 20.4 Å². The van der Waals surface area contributed by atoms with Gasteiger partial charge in [0.25, 0.3) is 0 Å². The number of hydrogen-bond acceptors (Lipinski definition) is 2. The van der Waals surface area contributed by atoms with E-state index >= 15 is 0 Å². The maximum absolute atomic E-state index is 5.22. The summed E-state index contributed by atoms with van der Waals surface area (Å²) in [5.41, 5.74) is 2.31. The molecule has 1 aromatic carbocycles. The van der Waals surface area contributed by atoms with Crippen molar-refractivity contribution < 1.29 is 4.74 Å². The van der Waals surface area contributed by atoms with Crippen molar-refractivity contribution in [2.45, 2.75) is 6.92 Å². The minimum absolute atomic E-state index is 0.917. The van der Waals surface area contributed by atoms with Gasteiger partial charge in [-0.2, -0.15) is 0 Å². The standard InChI is InChI=1S/C12H15NO/c1-10-11(7-5-9-13-2)6-4-8-12(10)14-3/h4-9H,1-3H3/b7-5-,13-9?. The van der Waals surface area contributed by atoms with Crippen LogP contribution in [0.25, 0.3) is 6.08 Å². The van der Waals surface area contributed by atoms with Gasteiger partial charge in [0.15, 0.2) is 0 Å². The quantitative estimate of drug-likeness (QED) is 0.670. The van der Waals surface area contributed by atoms with Crippen LogP contribution in [0.2, 0.25) is 0 Å². The molecule has 1 rings (SSSR count). The Morgan fingerprint density at radius 3 is 2.79 bits per heavy atom. The van der Waals surface area contributed by atoms with Crippen LogP contribution < -0.4 is 4.74 Å². The number of rotatable bonds is 3. The van der Waals surface area contributed by atoms with Crippen molar-refractivity contribution in [2.24, 2.45) is 4.99 Å². The first-order chi connectivity index (χ1) is 6.79. The normalized spacial score (nSPS) is 11.4. The molecule has 0 spiro atoms. The zero-order valence-electron chi connectivity index (χ0n) is 8.82. The van der Waals surface area contributed by atoms with Crippen LogP contribution in [0.15, 0.2) is 29.3 Å². The van der Waals surface area contributed by atoms with Gasteiger partial charge in [-0.15, -0.1) is 0 Å².